The van der Waals surface area contributed by atoms with Crippen LogP contribution in [-0.2, 0) is 10.3 Å². The second kappa shape index (κ2) is 4.22. The molecule has 84 valence electrons. The van der Waals surface area contributed by atoms with Crippen molar-refractivity contribution in [3.8, 4) is 0 Å². The van der Waals surface area contributed by atoms with Gasteiger partial charge in [0.05, 0.1) is 5.69 Å². The Morgan fingerprint density at radius 1 is 1.47 bits per heavy atom. The molecule has 0 aliphatic carbocycles. The van der Waals surface area contributed by atoms with Crippen LogP contribution in [0, 0.1) is 0 Å². The summed E-state index contributed by atoms with van der Waals surface area (Å²) in [6.07, 6.45) is 3.56. The van der Waals surface area contributed by atoms with E-state index < -0.39 is 0 Å². The molecule has 0 saturated carbocycles. The van der Waals surface area contributed by atoms with Crippen LogP contribution in [-0.4, -0.2) is 11.6 Å². The van der Waals surface area contributed by atoms with E-state index in [4.69, 9.17) is 9.72 Å². The lowest BCUT2D eigenvalue weighted by Crippen LogP contribution is -2.30. The Balaban J connectivity index is 2.20. The van der Waals surface area contributed by atoms with Gasteiger partial charge in [-0.1, -0.05) is 13.8 Å². The van der Waals surface area contributed by atoms with Crippen LogP contribution in [0.2, 0.25) is 0 Å². The standard InChI is InChI=1S/C12H19NOS/c1-9(2)10-8-15-11(13-10)12(3)6-4-5-7-14-12/h8-9H,4-7H2,1-3H3. The lowest BCUT2D eigenvalue weighted by atomic mass is 9.97. The number of rotatable bonds is 2. The maximum atomic E-state index is 5.89. The Kier molecular flexibility index (Phi) is 3.12. The van der Waals surface area contributed by atoms with Gasteiger partial charge in [-0.2, -0.15) is 0 Å². The van der Waals surface area contributed by atoms with Crippen molar-refractivity contribution < 1.29 is 4.74 Å². The average Bonchev–Trinajstić information content (AvgIpc) is 2.68. The summed E-state index contributed by atoms with van der Waals surface area (Å²) < 4.78 is 5.89. The molecular formula is C12H19NOS. The fraction of sp³-hybridized carbons (Fsp3) is 0.750. The van der Waals surface area contributed by atoms with Gasteiger partial charge in [-0.25, -0.2) is 4.98 Å². The zero-order valence-electron chi connectivity index (χ0n) is 9.75. The van der Waals surface area contributed by atoms with E-state index in [0.29, 0.717) is 5.92 Å². The van der Waals surface area contributed by atoms with Gasteiger partial charge in [0, 0.05) is 12.0 Å². The molecule has 0 aromatic carbocycles. The summed E-state index contributed by atoms with van der Waals surface area (Å²) in [5.74, 6) is 0.516. The Morgan fingerprint density at radius 3 is 2.80 bits per heavy atom. The number of aromatic nitrogens is 1. The van der Waals surface area contributed by atoms with E-state index in [1.54, 1.807) is 11.3 Å². The molecule has 1 aromatic heterocycles. The molecule has 1 aliphatic heterocycles. The van der Waals surface area contributed by atoms with Gasteiger partial charge >= 0.3 is 0 Å². The maximum Gasteiger partial charge on any atom is 0.125 e. The van der Waals surface area contributed by atoms with Crippen molar-refractivity contribution in [1.29, 1.82) is 0 Å². The van der Waals surface area contributed by atoms with Crippen LogP contribution in [0.5, 0.6) is 0 Å². The molecule has 2 heterocycles. The van der Waals surface area contributed by atoms with Crippen LogP contribution in [0.1, 0.15) is 56.7 Å². The third-order valence-corrected chi connectivity index (χ3v) is 4.14. The summed E-state index contributed by atoms with van der Waals surface area (Å²) in [5.41, 5.74) is 1.08. The quantitative estimate of drug-likeness (QED) is 0.766. The van der Waals surface area contributed by atoms with E-state index in [1.807, 2.05) is 0 Å². The molecule has 1 unspecified atom stereocenters. The molecule has 1 aliphatic rings. The largest absolute Gasteiger partial charge is 0.368 e. The minimum atomic E-state index is -0.115. The maximum absolute atomic E-state index is 5.89. The highest BCUT2D eigenvalue weighted by atomic mass is 32.1. The second-order valence-corrected chi connectivity index (χ2v) is 5.63. The fourth-order valence-electron chi connectivity index (χ4n) is 1.90. The average molecular weight is 225 g/mol. The molecule has 15 heavy (non-hydrogen) atoms. The number of hydrogen-bond donors (Lipinski definition) is 0. The lowest BCUT2D eigenvalue weighted by Gasteiger charge is -2.31. The first-order valence-electron chi connectivity index (χ1n) is 5.72. The molecular weight excluding hydrogens is 206 g/mol. The van der Waals surface area contributed by atoms with Crippen molar-refractivity contribution in [1.82, 2.24) is 4.98 Å². The smallest absolute Gasteiger partial charge is 0.125 e. The van der Waals surface area contributed by atoms with E-state index in [0.717, 1.165) is 18.0 Å². The molecule has 2 rings (SSSR count). The van der Waals surface area contributed by atoms with Crippen molar-refractivity contribution in [2.24, 2.45) is 0 Å². The topological polar surface area (TPSA) is 22.1 Å². The highest BCUT2D eigenvalue weighted by molar-refractivity contribution is 7.09. The molecule has 3 heteroatoms. The number of thiazole rings is 1. The van der Waals surface area contributed by atoms with E-state index >= 15 is 0 Å². The Labute approximate surface area is 95.7 Å². The van der Waals surface area contributed by atoms with Crippen LogP contribution in [0.15, 0.2) is 5.38 Å². The first-order chi connectivity index (χ1) is 7.12. The van der Waals surface area contributed by atoms with E-state index in [2.05, 4.69) is 26.2 Å². The zero-order valence-corrected chi connectivity index (χ0v) is 10.6. The van der Waals surface area contributed by atoms with Crippen LogP contribution >= 0.6 is 11.3 Å². The first kappa shape index (κ1) is 11.1. The number of nitrogens with zero attached hydrogens (tertiary/aromatic N) is 1. The lowest BCUT2D eigenvalue weighted by molar-refractivity contribution is -0.0702. The van der Waals surface area contributed by atoms with Crippen molar-refractivity contribution in [2.75, 3.05) is 6.61 Å². The van der Waals surface area contributed by atoms with Crippen LogP contribution < -0.4 is 0 Å². The summed E-state index contributed by atoms with van der Waals surface area (Å²) in [6, 6.07) is 0. The monoisotopic (exact) mass is 225 g/mol. The molecule has 1 fully saturated rings. The summed E-state index contributed by atoms with van der Waals surface area (Å²) in [7, 11) is 0. The Bertz CT molecular complexity index is 326. The summed E-state index contributed by atoms with van der Waals surface area (Å²) in [4.78, 5) is 4.70. The van der Waals surface area contributed by atoms with Crippen molar-refractivity contribution in [3.05, 3.63) is 16.1 Å². The van der Waals surface area contributed by atoms with Crippen LogP contribution in [0.3, 0.4) is 0 Å². The minimum absolute atomic E-state index is 0.115. The van der Waals surface area contributed by atoms with Gasteiger partial charge in [0.2, 0.25) is 0 Å². The molecule has 1 aromatic rings. The molecule has 0 spiro atoms. The van der Waals surface area contributed by atoms with Crippen LogP contribution in [0.25, 0.3) is 0 Å². The first-order valence-corrected chi connectivity index (χ1v) is 6.60. The van der Waals surface area contributed by atoms with Gasteiger partial charge in [0.15, 0.2) is 0 Å². The second-order valence-electron chi connectivity index (χ2n) is 4.77. The zero-order chi connectivity index (χ0) is 10.9. The predicted molar refractivity (Wildman–Crippen MR) is 63.4 cm³/mol. The molecule has 0 bridgehead atoms. The molecule has 0 amide bonds. The fourth-order valence-corrected chi connectivity index (χ4v) is 3.02. The third-order valence-electron chi connectivity index (χ3n) is 3.03. The highest BCUT2D eigenvalue weighted by Gasteiger charge is 2.33. The van der Waals surface area contributed by atoms with Crippen molar-refractivity contribution >= 4 is 11.3 Å². The van der Waals surface area contributed by atoms with E-state index in [1.165, 1.54) is 18.5 Å². The van der Waals surface area contributed by atoms with Crippen molar-refractivity contribution in [3.63, 3.8) is 0 Å². The summed E-state index contributed by atoms with van der Waals surface area (Å²) >= 11 is 1.75. The van der Waals surface area contributed by atoms with E-state index in [-0.39, 0.29) is 5.60 Å². The van der Waals surface area contributed by atoms with Crippen molar-refractivity contribution in [2.45, 2.75) is 51.6 Å². The summed E-state index contributed by atoms with van der Waals surface area (Å²) in [6.45, 7) is 7.42. The molecule has 1 atom stereocenters. The van der Waals surface area contributed by atoms with Gasteiger partial charge in [-0.3, -0.25) is 0 Å². The third kappa shape index (κ3) is 2.23. The Morgan fingerprint density at radius 2 is 2.27 bits per heavy atom. The van der Waals surface area contributed by atoms with Gasteiger partial charge < -0.3 is 4.74 Å². The molecule has 2 nitrogen and oxygen atoms in total. The Hall–Kier alpha value is -0.410. The molecule has 1 saturated heterocycles. The van der Waals surface area contributed by atoms with Gasteiger partial charge in [0.25, 0.3) is 0 Å². The van der Waals surface area contributed by atoms with Crippen LogP contribution in [0.4, 0.5) is 0 Å². The normalized spacial score (nSPS) is 27.2. The van der Waals surface area contributed by atoms with Gasteiger partial charge in [-0.15, -0.1) is 11.3 Å². The minimum Gasteiger partial charge on any atom is -0.368 e. The van der Waals surface area contributed by atoms with Gasteiger partial charge in [-0.05, 0) is 32.1 Å². The molecule has 0 N–H and O–H groups in total. The van der Waals surface area contributed by atoms with Gasteiger partial charge in [0.1, 0.15) is 10.6 Å². The van der Waals surface area contributed by atoms with E-state index in [9.17, 15) is 0 Å². The number of hydrogen-bond acceptors (Lipinski definition) is 3. The predicted octanol–water partition coefficient (Wildman–Crippen LogP) is 3.68. The molecule has 0 radical (unpaired) electrons. The number of ether oxygens (including phenoxy) is 1. The summed E-state index contributed by atoms with van der Waals surface area (Å²) in [5, 5.41) is 3.33. The SMILES string of the molecule is CC(C)c1csc(C2(C)CCCCO2)n1. The highest BCUT2D eigenvalue weighted by Crippen LogP contribution is 2.37.